The second-order valence-corrected chi connectivity index (χ2v) is 8.48. The molecule has 1 atom stereocenters. The number of thioether (sulfide) groups is 1. The summed E-state index contributed by atoms with van der Waals surface area (Å²) >= 11 is 8.54. The molecule has 0 aliphatic heterocycles. The van der Waals surface area contributed by atoms with Crippen molar-refractivity contribution >= 4 is 57.2 Å². The molecule has 6 nitrogen and oxygen atoms in total. The number of benzene rings is 1. The fourth-order valence-corrected chi connectivity index (χ4v) is 3.98. The van der Waals surface area contributed by atoms with Gasteiger partial charge in [0.05, 0.1) is 10.3 Å². The standard InChI is InChI=1S/C17H16ClN5OS2/c1-10-3-6-13(7-4-10)20-16-22-23-17(26-16)25-11(2)15(24)21-14-8-5-12(18)9-19-14/h3-9,11H,1-2H3,(H,20,22)(H,19,21,24)/t11-/m1/s1. The summed E-state index contributed by atoms with van der Waals surface area (Å²) in [5, 5.41) is 15.1. The molecular weight excluding hydrogens is 390 g/mol. The van der Waals surface area contributed by atoms with Gasteiger partial charge in [-0.1, -0.05) is 52.4 Å². The number of rotatable bonds is 6. The summed E-state index contributed by atoms with van der Waals surface area (Å²) in [6.07, 6.45) is 1.49. The molecule has 0 fully saturated rings. The normalized spacial score (nSPS) is 11.8. The highest BCUT2D eigenvalue weighted by molar-refractivity contribution is 8.02. The molecule has 0 saturated heterocycles. The van der Waals surface area contributed by atoms with Crippen LogP contribution in [0.2, 0.25) is 5.02 Å². The van der Waals surface area contributed by atoms with Crippen molar-refractivity contribution in [2.45, 2.75) is 23.4 Å². The lowest BCUT2D eigenvalue weighted by molar-refractivity contribution is -0.115. The van der Waals surface area contributed by atoms with Crippen LogP contribution in [0.25, 0.3) is 0 Å². The summed E-state index contributed by atoms with van der Waals surface area (Å²) in [6.45, 7) is 3.85. The molecule has 0 unspecified atom stereocenters. The monoisotopic (exact) mass is 405 g/mol. The summed E-state index contributed by atoms with van der Waals surface area (Å²) in [5.41, 5.74) is 2.14. The van der Waals surface area contributed by atoms with E-state index < -0.39 is 0 Å². The molecule has 9 heteroatoms. The number of anilines is 3. The Balaban J connectivity index is 1.56. The summed E-state index contributed by atoms with van der Waals surface area (Å²) < 4.78 is 0.714. The van der Waals surface area contributed by atoms with Gasteiger partial charge in [-0.3, -0.25) is 4.79 Å². The molecule has 1 amide bonds. The maximum absolute atomic E-state index is 12.3. The Bertz CT molecular complexity index is 883. The minimum absolute atomic E-state index is 0.159. The van der Waals surface area contributed by atoms with Crippen molar-refractivity contribution in [2.24, 2.45) is 0 Å². The number of nitrogens with zero attached hydrogens (tertiary/aromatic N) is 3. The largest absolute Gasteiger partial charge is 0.330 e. The van der Waals surface area contributed by atoms with Crippen molar-refractivity contribution in [3.05, 3.63) is 53.2 Å². The van der Waals surface area contributed by atoms with Gasteiger partial charge >= 0.3 is 0 Å². The van der Waals surface area contributed by atoms with E-state index >= 15 is 0 Å². The zero-order chi connectivity index (χ0) is 18.5. The predicted molar refractivity (Wildman–Crippen MR) is 108 cm³/mol. The Hall–Kier alpha value is -2.16. The van der Waals surface area contributed by atoms with Gasteiger partial charge in [-0.05, 0) is 38.1 Å². The average molecular weight is 406 g/mol. The van der Waals surface area contributed by atoms with Gasteiger partial charge in [0.25, 0.3) is 0 Å². The maximum Gasteiger partial charge on any atom is 0.238 e. The Labute approximate surface area is 164 Å². The average Bonchev–Trinajstić information content (AvgIpc) is 3.06. The van der Waals surface area contributed by atoms with E-state index in [1.54, 1.807) is 12.1 Å². The number of aryl methyl sites for hydroxylation is 1. The molecule has 0 aliphatic carbocycles. The number of carbonyl (C=O) groups excluding carboxylic acids is 1. The minimum Gasteiger partial charge on any atom is -0.330 e. The molecular formula is C17H16ClN5OS2. The van der Waals surface area contributed by atoms with Crippen LogP contribution in [0.15, 0.2) is 46.9 Å². The van der Waals surface area contributed by atoms with Crippen molar-refractivity contribution in [2.75, 3.05) is 10.6 Å². The van der Waals surface area contributed by atoms with Gasteiger partial charge in [-0.15, -0.1) is 10.2 Å². The van der Waals surface area contributed by atoms with Crippen LogP contribution in [0.1, 0.15) is 12.5 Å². The highest BCUT2D eigenvalue weighted by Gasteiger charge is 2.18. The van der Waals surface area contributed by atoms with Gasteiger partial charge in [0.1, 0.15) is 5.82 Å². The quantitative estimate of drug-likeness (QED) is 0.575. The molecule has 3 rings (SSSR count). The molecule has 26 heavy (non-hydrogen) atoms. The lowest BCUT2D eigenvalue weighted by atomic mass is 10.2. The van der Waals surface area contributed by atoms with Gasteiger partial charge in [-0.25, -0.2) is 4.98 Å². The second-order valence-electron chi connectivity index (χ2n) is 5.48. The van der Waals surface area contributed by atoms with Crippen LogP contribution < -0.4 is 10.6 Å². The lowest BCUT2D eigenvalue weighted by Gasteiger charge is -2.09. The molecule has 0 saturated carbocycles. The third kappa shape index (κ3) is 5.17. The smallest absolute Gasteiger partial charge is 0.238 e. The zero-order valence-electron chi connectivity index (χ0n) is 14.1. The van der Waals surface area contributed by atoms with Crippen LogP contribution in [-0.2, 0) is 4.79 Å². The van der Waals surface area contributed by atoms with Gasteiger partial charge in [0, 0.05) is 11.9 Å². The van der Waals surface area contributed by atoms with Crippen LogP contribution in [0.3, 0.4) is 0 Å². The first-order valence-electron chi connectivity index (χ1n) is 7.76. The first-order chi connectivity index (χ1) is 12.5. The Morgan fingerprint density at radius 2 is 1.96 bits per heavy atom. The molecule has 2 aromatic heterocycles. The molecule has 134 valence electrons. The van der Waals surface area contributed by atoms with E-state index in [2.05, 4.69) is 25.8 Å². The SMILES string of the molecule is Cc1ccc(Nc2nnc(S[C@H](C)C(=O)Nc3ccc(Cl)cn3)s2)cc1. The Morgan fingerprint density at radius 3 is 2.65 bits per heavy atom. The molecule has 3 aromatic rings. The highest BCUT2D eigenvalue weighted by atomic mass is 35.5. The molecule has 0 spiro atoms. The fourth-order valence-electron chi connectivity index (χ4n) is 1.95. The van der Waals surface area contributed by atoms with Gasteiger partial charge in [0.15, 0.2) is 4.34 Å². The third-order valence-corrected chi connectivity index (χ3v) is 5.58. The first kappa shape index (κ1) is 18.6. The van der Waals surface area contributed by atoms with Crippen molar-refractivity contribution in [3.63, 3.8) is 0 Å². The van der Waals surface area contributed by atoms with Crippen molar-refractivity contribution in [1.82, 2.24) is 15.2 Å². The van der Waals surface area contributed by atoms with E-state index in [-0.39, 0.29) is 11.2 Å². The highest BCUT2D eigenvalue weighted by Crippen LogP contribution is 2.30. The van der Waals surface area contributed by atoms with Crippen molar-refractivity contribution in [3.8, 4) is 0 Å². The van der Waals surface area contributed by atoms with E-state index in [0.29, 0.717) is 20.3 Å². The van der Waals surface area contributed by atoms with E-state index in [1.165, 1.54) is 34.9 Å². The molecule has 1 aromatic carbocycles. The fraction of sp³-hybridized carbons (Fsp3) is 0.176. The van der Waals surface area contributed by atoms with Crippen LogP contribution in [-0.4, -0.2) is 26.3 Å². The number of hydrogen-bond donors (Lipinski definition) is 2. The van der Waals surface area contributed by atoms with Crippen molar-refractivity contribution < 1.29 is 4.79 Å². The van der Waals surface area contributed by atoms with Crippen LogP contribution in [0, 0.1) is 6.92 Å². The van der Waals surface area contributed by atoms with Gasteiger partial charge in [-0.2, -0.15) is 0 Å². The second kappa shape index (κ2) is 8.48. The zero-order valence-corrected chi connectivity index (χ0v) is 16.5. The number of pyridine rings is 1. The molecule has 2 N–H and O–H groups in total. The van der Waals surface area contributed by atoms with Crippen LogP contribution in [0.5, 0.6) is 0 Å². The minimum atomic E-state index is -0.340. The van der Waals surface area contributed by atoms with E-state index in [0.717, 1.165) is 5.69 Å². The number of hydrogen-bond acceptors (Lipinski definition) is 7. The molecule has 0 bridgehead atoms. The van der Waals surface area contributed by atoms with E-state index in [4.69, 9.17) is 11.6 Å². The molecule has 0 aliphatic rings. The Kier molecular flexibility index (Phi) is 6.08. The molecule has 0 radical (unpaired) electrons. The lowest BCUT2D eigenvalue weighted by Crippen LogP contribution is -2.22. The number of carbonyl (C=O) groups is 1. The number of amides is 1. The summed E-state index contributed by atoms with van der Waals surface area (Å²) in [5.74, 6) is 0.305. The van der Waals surface area contributed by atoms with Gasteiger partial charge < -0.3 is 10.6 Å². The Morgan fingerprint density at radius 1 is 1.19 bits per heavy atom. The van der Waals surface area contributed by atoms with Crippen LogP contribution >= 0.6 is 34.7 Å². The molecule has 2 heterocycles. The first-order valence-corrected chi connectivity index (χ1v) is 9.83. The maximum atomic E-state index is 12.3. The summed E-state index contributed by atoms with van der Waals surface area (Å²) in [4.78, 5) is 16.3. The van der Waals surface area contributed by atoms with Crippen LogP contribution in [0.4, 0.5) is 16.6 Å². The van der Waals surface area contributed by atoms with E-state index in [1.807, 2.05) is 38.1 Å². The van der Waals surface area contributed by atoms with E-state index in [9.17, 15) is 4.79 Å². The predicted octanol–water partition coefficient (Wildman–Crippen LogP) is 4.76. The number of halogens is 1. The third-order valence-electron chi connectivity index (χ3n) is 3.33. The van der Waals surface area contributed by atoms with Crippen molar-refractivity contribution in [1.29, 1.82) is 0 Å². The van der Waals surface area contributed by atoms with Gasteiger partial charge in [0.2, 0.25) is 11.0 Å². The number of aromatic nitrogens is 3. The number of nitrogens with one attached hydrogen (secondary N) is 2. The summed E-state index contributed by atoms with van der Waals surface area (Å²) in [7, 11) is 0. The summed E-state index contributed by atoms with van der Waals surface area (Å²) in [6, 6.07) is 11.4. The topological polar surface area (TPSA) is 79.8 Å².